The molecule has 5 atom stereocenters. The monoisotopic (exact) mass is 518 g/mol. The number of aromatic nitrogens is 1. The van der Waals surface area contributed by atoms with Gasteiger partial charge in [-0.2, -0.15) is 0 Å². The number of carbonyl (C=O) groups excluding carboxylic acids is 5. The molecule has 37 heavy (non-hydrogen) atoms. The molecule has 0 saturated carbocycles. The van der Waals surface area contributed by atoms with Crippen LogP contribution in [0, 0.1) is 0 Å². The first-order valence-electron chi connectivity index (χ1n) is 11.7. The van der Waals surface area contributed by atoms with E-state index in [4.69, 9.17) is 23.7 Å². The number of ether oxygens (including phenoxy) is 5. The Morgan fingerprint density at radius 1 is 0.892 bits per heavy atom. The Kier molecular flexibility index (Phi) is 9.23. The van der Waals surface area contributed by atoms with Crippen molar-refractivity contribution in [2.45, 2.75) is 71.2 Å². The molecule has 1 fully saturated rings. The number of fused-ring (bicyclic) bond motifs is 1. The van der Waals surface area contributed by atoms with Crippen molar-refractivity contribution in [2.75, 3.05) is 6.61 Å². The topological polar surface area (TPSA) is 159 Å². The van der Waals surface area contributed by atoms with Crippen LogP contribution in [0.25, 0.3) is 10.9 Å². The van der Waals surface area contributed by atoms with Gasteiger partial charge in [-0.05, 0) is 18.1 Å². The van der Waals surface area contributed by atoms with Crippen molar-refractivity contribution in [3.05, 3.63) is 36.0 Å². The first kappa shape index (κ1) is 27.7. The zero-order valence-corrected chi connectivity index (χ0v) is 21.0. The zero-order chi connectivity index (χ0) is 27.1. The van der Waals surface area contributed by atoms with Gasteiger partial charge < -0.3 is 34.0 Å². The normalized spacial score (nSPS) is 23.1. The van der Waals surface area contributed by atoms with Crippen LogP contribution in [0.3, 0.4) is 0 Å². The van der Waals surface area contributed by atoms with Gasteiger partial charge in [0.15, 0.2) is 12.2 Å². The third kappa shape index (κ3) is 7.53. The lowest BCUT2D eigenvalue weighted by Crippen LogP contribution is -2.67. The van der Waals surface area contributed by atoms with E-state index in [-0.39, 0.29) is 13.0 Å². The van der Waals surface area contributed by atoms with Gasteiger partial charge in [-0.1, -0.05) is 18.2 Å². The van der Waals surface area contributed by atoms with Gasteiger partial charge in [0, 0.05) is 51.2 Å². The first-order valence-corrected chi connectivity index (χ1v) is 11.7. The Bertz CT molecular complexity index is 1160. The highest BCUT2D eigenvalue weighted by atomic mass is 16.7. The lowest BCUT2D eigenvalue weighted by molar-refractivity contribution is -0.271. The van der Waals surface area contributed by atoms with Crippen molar-refractivity contribution in [3.63, 3.8) is 0 Å². The van der Waals surface area contributed by atoms with Gasteiger partial charge in [-0.25, -0.2) is 0 Å². The molecule has 2 heterocycles. The van der Waals surface area contributed by atoms with Crippen LogP contribution in [0.5, 0.6) is 0 Å². The average Bonchev–Trinajstić information content (AvgIpc) is 3.22. The van der Waals surface area contributed by atoms with Crippen LogP contribution in [0.2, 0.25) is 0 Å². The van der Waals surface area contributed by atoms with Crippen molar-refractivity contribution >= 4 is 40.7 Å². The molecule has 0 aliphatic carbocycles. The van der Waals surface area contributed by atoms with Crippen LogP contribution in [0.1, 0.15) is 39.7 Å². The van der Waals surface area contributed by atoms with Crippen molar-refractivity contribution in [3.8, 4) is 0 Å². The minimum Gasteiger partial charge on any atom is -0.463 e. The smallest absolute Gasteiger partial charge is 0.305 e. The second-order valence-electron chi connectivity index (χ2n) is 8.56. The van der Waals surface area contributed by atoms with Crippen LogP contribution in [-0.2, 0) is 54.1 Å². The van der Waals surface area contributed by atoms with Crippen molar-refractivity contribution in [1.29, 1.82) is 0 Å². The molecule has 12 nitrogen and oxygen atoms in total. The molecule has 200 valence electrons. The summed E-state index contributed by atoms with van der Waals surface area (Å²) in [5.41, 5.74) is 1.87. The number of H-pyrrole nitrogens is 1. The molecule has 2 N–H and O–H groups in total. The number of nitrogens with one attached hydrogen (secondary N) is 2. The highest BCUT2D eigenvalue weighted by Crippen LogP contribution is 2.28. The average molecular weight is 519 g/mol. The predicted octanol–water partition coefficient (Wildman–Crippen LogP) is 1.30. The maximum atomic E-state index is 13.0. The van der Waals surface area contributed by atoms with Gasteiger partial charge in [0.25, 0.3) is 0 Å². The molecule has 1 aliphatic heterocycles. The second kappa shape index (κ2) is 12.3. The van der Waals surface area contributed by atoms with E-state index < -0.39 is 60.4 Å². The number of benzene rings is 1. The number of aryl methyl sites for hydroxylation is 1. The summed E-state index contributed by atoms with van der Waals surface area (Å²) in [5, 5.41) is 3.68. The molecule has 1 aromatic carbocycles. The fourth-order valence-electron chi connectivity index (χ4n) is 4.16. The van der Waals surface area contributed by atoms with Gasteiger partial charge in [0.05, 0.1) is 0 Å². The Labute approximate surface area is 212 Å². The van der Waals surface area contributed by atoms with Crippen molar-refractivity contribution < 1.29 is 47.7 Å². The summed E-state index contributed by atoms with van der Waals surface area (Å²) >= 11 is 0. The molecular formula is C25H30N2O10. The van der Waals surface area contributed by atoms with E-state index in [2.05, 4.69) is 10.3 Å². The zero-order valence-electron chi connectivity index (χ0n) is 21.0. The number of esters is 4. The lowest BCUT2D eigenvalue weighted by Gasteiger charge is -2.44. The number of rotatable bonds is 9. The molecule has 1 amide bonds. The molecule has 1 saturated heterocycles. The summed E-state index contributed by atoms with van der Waals surface area (Å²) in [6.45, 7) is 4.20. The number of aromatic amines is 1. The lowest BCUT2D eigenvalue weighted by atomic mass is 9.95. The predicted molar refractivity (Wildman–Crippen MR) is 127 cm³/mol. The van der Waals surface area contributed by atoms with Crippen molar-refractivity contribution in [2.24, 2.45) is 0 Å². The number of amides is 1. The molecule has 1 aliphatic rings. The van der Waals surface area contributed by atoms with E-state index in [0.717, 1.165) is 37.2 Å². The quantitative estimate of drug-likeness (QED) is 0.366. The number of carbonyl (C=O) groups is 5. The highest BCUT2D eigenvalue weighted by molar-refractivity contribution is 5.84. The second-order valence-corrected chi connectivity index (χ2v) is 8.56. The maximum absolute atomic E-state index is 13.0. The Hall–Kier alpha value is -3.93. The van der Waals surface area contributed by atoms with Gasteiger partial charge in [0.2, 0.25) is 12.2 Å². The van der Waals surface area contributed by atoms with Gasteiger partial charge >= 0.3 is 23.9 Å². The number of hydrogen-bond acceptors (Lipinski definition) is 10. The summed E-state index contributed by atoms with van der Waals surface area (Å²) in [6, 6.07) is 6.44. The molecular weight excluding hydrogens is 488 g/mol. The minimum atomic E-state index is -1.42. The van der Waals surface area contributed by atoms with Gasteiger partial charge in [-0.15, -0.1) is 0 Å². The standard InChI is InChI=1S/C25H30N2O10/c1-13(28)33-12-20-23(34-14(2)29)24(35-15(3)30)22(25(37-20)36-16(4)31)27-21(32)10-9-17-11-26-19-8-6-5-7-18(17)19/h5-8,11,20,22-26H,9-10,12H2,1-4H3,(H,27,32)/t20-,22-,23-,24-,25-/m1/s1. The van der Waals surface area contributed by atoms with Crippen LogP contribution in [0.15, 0.2) is 30.5 Å². The van der Waals surface area contributed by atoms with Crippen LogP contribution in [0.4, 0.5) is 0 Å². The van der Waals surface area contributed by atoms with Gasteiger partial charge in [-0.3, -0.25) is 24.0 Å². The first-order chi connectivity index (χ1) is 17.5. The van der Waals surface area contributed by atoms with E-state index in [1.807, 2.05) is 30.5 Å². The fraction of sp³-hybridized carbons (Fsp3) is 0.480. The summed E-state index contributed by atoms with van der Waals surface area (Å²) in [7, 11) is 0. The summed E-state index contributed by atoms with van der Waals surface area (Å²) in [4.78, 5) is 63.2. The number of para-hydroxylation sites is 1. The third-order valence-corrected chi connectivity index (χ3v) is 5.61. The summed E-state index contributed by atoms with van der Waals surface area (Å²) < 4.78 is 26.8. The molecule has 0 bridgehead atoms. The van der Waals surface area contributed by atoms with E-state index >= 15 is 0 Å². The summed E-state index contributed by atoms with van der Waals surface area (Å²) in [6.07, 6.45) is -2.90. The summed E-state index contributed by atoms with van der Waals surface area (Å²) in [5.74, 6) is -3.29. The molecule has 1 aromatic heterocycles. The Morgan fingerprint density at radius 3 is 2.19 bits per heavy atom. The van der Waals surface area contributed by atoms with E-state index in [1.54, 1.807) is 0 Å². The molecule has 2 aromatic rings. The minimum absolute atomic E-state index is 0.0486. The van der Waals surface area contributed by atoms with Crippen LogP contribution < -0.4 is 5.32 Å². The Balaban J connectivity index is 1.84. The van der Waals surface area contributed by atoms with E-state index in [1.165, 1.54) is 6.92 Å². The highest BCUT2D eigenvalue weighted by Gasteiger charge is 2.52. The fourth-order valence-corrected chi connectivity index (χ4v) is 4.16. The van der Waals surface area contributed by atoms with Crippen molar-refractivity contribution in [1.82, 2.24) is 10.3 Å². The van der Waals surface area contributed by atoms with E-state index in [9.17, 15) is 24.0 Å². The third-order valence-electron chi connectivity index (χ3n) is 5.61. The largest absolute Gasteiger partial charge is 0.463 e. The SMILES string of the molecule is CC(=O)OC[C@H]1O[C@@H](OC(C)=O)[C@H](NC(=O)CCc2c[nH]c3ccccc23)[C@@H](OC(C)=O)[C@@H]1OC(C)=O. The van der Waals surface area contributed by atoms with E-state index in [0.29, 0.717) is 6.42 Å². The van der Waals surface area contributed by atoms with Crippen LogP contribution in [-0.4, -0.2) is 72.0 Å². The number of hydrogen-bond donors (Lipinski definition) is 2. The molecule has 12 heteroatoms. The van der Waals surface area contributed by atoms with Crippen LogP contribution >= 0.6 is 0 Å². The Morgan fingerprint density at radius 2 is 1.54 bits per heavy atom. The molecule has 3 rings (SSSR count). The molecule has 0 radical (unpaired) electrons. The molecule has 0 unspecified atom stereocenters. The van der Waals surface area contributed by atoms with Gasteiger partial charge in [0.1, 0.15) is 18.8 Å². The molecule has 0 spiro atoms. The maximum Gasteiger partial charge on any atom is 0.305 e.